The van der Waals surface area contributed by atoms with E-state index in [4.69, 9.17) is 18.9 Å². The van der Waals surface area contributed by atoms with E-state index in [0.29, 0.717) is 11.1 Å². The number of allylic oxidation sites excluding steroid dienone is 2. The lowest BCUT2D eigenvalue weighted by atomic mass is 9.68. The number of ether oxygens (including phenoxy) is 4. The van der Waals surface area contributed by atoms with Gasteiger partial charge in [0, 0.05) is 11.8 Å². The number of fused-ring (bicyclic) bond motifs is 1. The molecule has 3 rings (SSSR count). The van der Waals surface area contributed by atoms with Crippen molar-refractivity contribution >= 4 is 23.9 Å². The summed E-state index contributed by atoms with van der Waals surface area (Å²) in [6, 6.07) is 8.91. The van der Waals surface area contributed by atoms with E-state index in [2.05, 4.69) is 0 Å². The van der Waals surface area contributed by atoms with Gasteiger partial charge in [0.25, 0.3) is 0 Å². The number of benzene rings is 1. The van der Waals surface area contributed by atoms with Crippen molar-refractivity contribution in [3.63, 3.8) is 0 Å². The van der Waals surface area contributed by atoms with E-state index in [1.54, 1.807) is 50.3 Å². The van der Waals surface area contributed by atoms with Crippen molar-refractivity contribution in [3.05, 3.63) is 58.7 Å². The quantitative estimate of drug-likeness (QED) is 0.267. The number of carbonyl (C=O) groups is 4. The molecule has 0 aromatic heterocycles. The number of rotatable bonds is 7. The Kier molecular flexibility index (Phi) is 7.36. The van der Waals surface area contributed by atoms with E-state index >= 15 is 0 Å². The van der Waals surface area contributed by atoms with Gasteiger partial charge in [-0.05, 0) is 32.3 Å². The van der Waals surface area contributed by atoms with Crippen LogP contribution < -0.4 is 0 Å². The minimum absolute atomic E-state index is 0.00438. The first-order valence-corrected chi connectivity index (χ1v) is 10.8. The Morgan fingerprint density at radius 2 is 1.48 bits per heavy atom. The predicted molar refractivity (Wildman–Crippen MR) is 117 cm³/mol. The number of methoxy groups -OCH3 is 2. The van der Waals surface area contributed by atoms with Crippen molar-refractivity contribution in [1.29, 1.82) is 0 Å². The summed E-state index contributed by atoms with van der Waals surface area (Å²) in [5.74, 6) is -4.45. The molecule has 8 heteroatoms. The average molecular weight is 456 g/mol. The minimum atomic E-state index is -1.73. The van der Waals surface area contributed by atoms with Gasteiger partial charge in [-0.3, -0.25) is 9.59 Å². The topological polar surface area (TPSA) is 105 Å². The van der Waals surface area contributed by atoms with Crippen LogP contribution in [0, 0.1) is 11.3 Å². The third-order valence-corrected chi connectivity index (χ3v) is 6.23. The van der Waals surface area contributed by atoms with E-state index in [1.165, 1.54) is 14.2 Å². The molecule has 0 amide bonds. The summed E-state index contributed by atoms with van der Waals surface area (Å²) in [6.07, 6.45) is 1.90. The van der Waals surface area contributed by atoms with Crippen molar-refractivity contribution < 1.29 is 38.1 Å². The number of esters is 4. The highest BCUT2D eigenvalue weighted by molar-refractivity contribution is 6.06. The van der Waals surface area contributed by atoms with Gasteiger partial charge in [0.1, 0.15) is 0 Å². The molecular weight excluding hydrogens is 428 g/mol. The molecule has 1 aromatic rings. The van der Waals surface area contributed by atoms with E-state index in [-0.39, 0.29) is 37.2 Å². The molecule has 0 unspecified atom stereocenters. The summed E-state index contributed by atoms with van der Waals surface area (Å²) in [5, 5.41) is 0. The molecule has 0 spiro atoms. The fourth-order valence-electron chi connectivity index (χ4n) is 4.98. The number of carbonyl (C=O) groups excluding carboxylic acids is 4. The van der Waals surface area contributed by atoms with Gasteiger partial charge in [0.2, 0.25) is 0 Å². The van der Waals surface area contributed by atoms with Crippen molar-refractivity contribution in [2.75, 3.05) is 27.4 Å². The van der Waals surface area contributed by atoms with Crippen LogP contribution in [-0.2, 0) is 38.1 Å². The summed E-state index contributed by atoms with van der Waals surface area (Å²) in [4.78, 5) is 52.4. The van der Waals surface area contributed by atoms with Crippen molar-refractivity contribution in [3.8, 4) is 0 Å². The second-order valence-corrected chi connectivity index (χ2v) is 7.81. The normalized spacial score (nSPS) is 20.9. The van der Waals surface area contributed by atoms with Crippen LogP contribution in [-0.4, -0.2) is 51.3 Å². The monoisotopic (exact) mass is 456 g/mol. The molecule has 0 saturated heterocycles. The Hall–Kier alpha value is -3.42. The highest BCUT2D eigenvalue weighted by Gasteiger charge is 2.65. The largest absolute Gasteiger partial charge is 0.468 e. The maximum atomic E-state index is 13.2. The van der Waals surface area contributed by atoms with E-state index < -0.39 is 41.1 Å². The van der Waals surface area contributed by atoms with Crippen LogP contribution in [0.3, 0.4) is 0 Å². The summed E-state index contributed by atoms with van der Waals surface area (Å²) in [6.45, 7) is 3.57. The van der Waals surface area contributed by atoms with Crippen LogP contribution in [0.2, 0.25) is 0 Å². The molecule has 0 bridgehead atoms. The van der Waals surface area contributed by atoms with Crippen LogP contribution in [0.1, 0.15) is 38.2 Å². The molecule has 8 nitrogen and oxygen atoms in total. The maximum absolute atomic E-state index is 13.2. The van der Waals surface area contributed by atoms with Gasteiger partial charge in [0.15, 0.2) is 5.41 Å². The Morgan fingerprint density at radius 1 is 0.909 bits per heavy atom. The number of hydrogen-bond acceptors (Lipinski definition) is 8. The predicted octanol–water partition coefficient (Wildman–Crippen LogP) is 2.88. The summed E-state index contributed by atoms with van der Waals surface area (Å²) in [7, 11) is 2.41. The van der Waals surface area contributed by atoms with Gasteiger partial charge >= 0.3 is 23.9 Å². The molecule has 0 heterocycles. The van der Waals surface area contributed by atoms with Crippen LogP contribution in [0.25, 0.3) is 0 Å². The van der Waals surface area contributed by atoms with E-state index in [0.717, 1.165) is 0 Å². The molecule has 0 aliphatic heterocycles. The molecule has 1 fully saturated rings. The van der Waals surface area contributed by atoms with Gasteiger partial charge in [-0.25, -0.2) is 9.59 Å². The summed E-state index contributed by atoms with van der Waals surface area (Å²) in [5.41, 5.74) is -0.153. The molecule has 1 aromatic carbocycles. The van der Waals surface area contributed by atoms with Crippen molar-refractivity contribution in [2.45, 2.75) is 32.6 Å². The highest BCUT2D eigenvalue weighted by Crippen LogP contribution is 2.60. The Morgan fingerprint density at radius 3 is 2.03 bits per heavy atom. The fourth-order valence-corrected chi connectivity index (χ4v) is 4.98. The highest BCUT2D eigenvalue weighted by atomic mass is 16.5. The second kappa shape index (κ2) is 10.0. The van der Waals surface area contributed by atoms with E-state index in [9.17, 15) is 19.2 Å². The van der Waals surface area contributed by atoms with Gasteiger partial charge in [-0.2, -0.15) is 0 Å². The lowest BCUT2D eigenvalue weighted by Crippen LogP contribution is -2.44. The summed E-state index contributed by atoms with van der Waals surface area (Å²) < 4.78 is 20.7. The Labute approximate surface area is 192 Å². The van der Waals surface area contributed by atoms with Crippen molar-refractivity contribution in [1.82, 2.24) is 0 Å². The third kappa shape index (κ3) is 4.05. The van der Waals surface area contributed by atoms with Gasteiger partial charge in [-0.1, -0.05) is 42.0 Å². The molecule has 2 atom stereocenters. The zero-order valence-electron chi connectivity index (χ0n) is 19.2. The standard InChI is InChI=1S/C25H28O8/c1-5-32-21(26)17-13-12-16-14-25(23(28)30-3,24(29)31-4)20(15-10-8-7-9-11-15)18(16)19(17)22(27)33-6-2/h7-12,18,20H,5-6,13-14H2,1-4H3/t18-,20-/m0/s1. The molecular formula is C25H28O8. The van der Waals surface area contributed by atoms with Crippen molar-refractivity contribution in [2.24, 2.45) is 11.3 Å². The minimum Gasteiger partial charge on any atom is -0.468 e. The molecule has 2 aliphatic carbocycles. The fraction of sp³-hybridized carbons (Fsp3) is 0.440. The molecule has 33 heavy (non-hydrogen) atoms. The second-order valence-electron chi connectivity index (χ2n) is 7.81. The Bertz CT molecular complexity index is 988. The van der Waals surface area contributed by atoms with Crippen LogP contribution in [0.15, 0.2) is 53.1 Å². The molecule has 1 saturated carbocycles. The zero-order chi connectivity index (χ0) is 24.2. The van der Waals surface area contributed by atoms with Gasteiger partial charge < -0.3 is 18.9 Å². The number of hydrogen-bond donors (Lipinski definition) is 0. The average Bonchev–Trinajstić information content (AvgIpc) is 3.19. The first-order chi connectivity index (χ1) is 15.9. The molecule has 2 aliphatic rings. The zero-order valence-corrected chi connectivity index (χ0v) is 19.2. The lowest BCUT2D eigenvalue weighted by molar-refractivity contribution is -0.170. The molecule has 0 radical (unpaired) electrons. The first-order valence-electron chi connectivity index (χ1n) is 10.8. The van der Waals surface area contributed by atoms with Gasteiger partial charge in [-0.15, -0.1) is 0 Å². The van der Waals surface area contributed by atoms with Crippen LogP contribution >= 0.6 is 0 Å². The van der Waals surface area contributed by atoms with Crippen LogP contribution in [0.4, 0.5) is 0 Å². The first kappa shape index (κ1) is 24.2. The van der Waals surface area contributed by atoms with E-state index in [1.807, 2.05) is 0 Å². The molecule has 0 N–H and O–H groups in total. The van der Waals surface area contributed by atoms with Gasteiger partial charge in [0.05, 0.1) is 38.6 Å². The molecule has 176 valence electrons. The Balaban J connectivity index is 2.32. The third-order valence-electron chi connectivity index (χ3n) is 6.23. The SMILES string of the molecule is CCOC(=O)C1=C(C(=O)OCC)[C@@H]2C(=CC1)CC(C(=O)OC)(C(=O)OC)[C@H]2c1ccccc1. The van der Waals surface area contributed by atoms with Crippen LogP contribution in [0.5, 0.6) is 0 Å². The lowest BCUT2D eigenvalue weighted by Gasteiger charge is -2.34. The summed E-state index contributed by atoms with van der Waals surface area (Å²) >= 11 is 0. The smallest absolute Gasteiger partial charge is 0.335 e. The maximum Gasteiger partial charge on any atom is 0.335 e.